The molecule has 0 N–H and O–H groups in total. The van der Waals surface area contributed by atoms with Crippen LogP contribution in [0.15, 0.2) is 48.5 Å². The highest BCUT2D eigenvalue weighted by Crippen LogP contribution is 2.28. The molecule has 0 heterocycles. The smallest absolute Gasteiger partial charge is 0.246 e. The fourth-order valence-electron chi connectivity index (χ4n) is 2.25. The molecule has 28 heavy (non-hydrogen) atoms. The highest BCUT2D eigenvalue weighted by atomic mass is 35.5. The summed E-state index contributed by atoms with van der Waals surface area (Å²) in [5.74, 6) is 1.52. The molecule has 0 saturated carbocycles. The van der Waals surface area contributed by atoms with Crippen LogP contribution in [-0.4, -0.2) is 44.7 Å². The second-order valence-electron chi connectivity index (χ2n) is 5.75. The molecule has 0 radical (unpaired) electrons. The van der Waals surface area contributed by atoms with Gasteiger partial charge in [-0.05, 0) is 48.0 Å². The molecule has 2 rings (SSSR count). The summed E-state index contributed by atoms with van der Waals surface area (Å²) >= 11 is 5.83. The van der Waals surface area contributed by atoms with Crippen molar-refractivity contribution in [3.8, 4) is 23.3 Å². The van der Waals surface area contributed by atoms with Crippen molar-refractivity contribution in [3.05, 3.63) is 59.1 Å². The van der Waals surface area contributed by atoms with Gasteiger partial charge in [-0.1, -0.05) is 17.7 Å². The minimum Gasteiger partial charge on any atom is -0.493 e. The van der Waals surface area contributed by atoms with E-state index in [0.29, 0.717) is 35.4 Å². The van der Waals surface area contributed by atoms with Gasteiger partial charge in [0.15, 0.2) is 18.1 Å². The lowest BCUT2D eigenvalue weighted by molar-refractivity contribution is -0.125. The summed E-state index contributed by atoms with van der Waals surface area (Å²) in [6, 6.07) is 14.2. The number of carbonyl (C=O) groups is 1. The Labute approximate surface area is 169 Å². The van der Waals surface area contributed by atoms with Gasteiger partial charge >= 0.3 is 0 Å². The highest BCUT2D eigenvalue weighted by molar-refractivity contribution is 6.30. The van der Waals surface area contributed by atoms with Crippen LogP contribution >= 0.6 is 11.6 Å². The third-order valence-electron chi connectivity index (χ3n) is 3.78. The summed E-state index contributed by atoms with van der Waals surface area (Å²) in [4.78, 5) is 13.8. The molecule has 0 aromatic heterocycles. The van der Waals surface area contributed by atoms with E-state index in [1.54, 1.807) is 60.5 Å². The van der Waals surface area contributed by atoms with Crippen LogP contribution in [0.3, 0.4) is 0 Å². The summed E-state index contributed by atoms with van der Waals surface area (Å²) in [6.07, 6.45) is 3.17. The second-order valence-corrected chi connectivity index (χ2v) is 6.19. The van der Waals surface area contributed by atoms with E-state index in [1.165, 1.54) is 13.2 Å². The molecule has 0 fully saturated rings. The van der Waals surface area contributed by atoms with Crippen LogP contribution in [0, 0.1) is 11.3 Å². The third kappa shape index (κ3) is 6.53. The Kier molecular flexibility index (Phi) is 8.19. The molecule has 0 aliphatic heterocycles. The Morgan fingerprint density at radius 3 is 2.61 bits per heavy atom. The third-order valence-corrected chi connectivity index (χ3v) is 4.04. The Hall–Kier alpha value is -3.17. The number of nitrogens with zero attached hydrogens (tertiary/aromatic N) is 2. The van der Waals surface area contributed by atoms with E-state index in [4.69, 9.17) is 31.1 Å². The fraction of sp³-hybridized carbons (Fsp3) is 0.238. The van der Waals surface area contributed by atoms with Gasteiger partial charge in [-0.2, -0.15) is 5.26 Å². The van der Waals surface area contributed by atoms with Gasteiger partial charge < -0.3 is 19.1 Å². The summed E-state index contributed by atoms with van der Waals surface area (Å²) in [5, 5.41) is 9.24. The number of halogens is 1. The summed E-state index contributed by atoms with van der Waals surface area (Å²) in [7, 11) is 3.22. The van der Waals surface area contributed by atoms with Crippen LogP contribution < -0.4 is 14.2 Å². The van der Waals surface area contributed by atoms with Crippen molar-refractivity contribution in [2.45, 2.75) is 0 Å². The van der Waals surface area contributed by atoms with Gasteiger partial charge in [-0.25, -0.2) is 0 Å². The number of ether oxygens (including phenoxy) is 3. The van der Waals surface area contributed by atoms with Crippen LogP contribution in [0.1, 0.15) is 5.56 Å². The molecule has 1 amide bonds. The lowest BCUT2D eigenvalue weighted by Crippen LogP contribution is -2.29. The van der Waals surface area contributed by atoms with Crippen molar-refractivity contribution in [3.63, 3.8) is 0 Å². The van der Waals surface area contributed by atoms with Crippen molar-refractivity contribution in [1.82, 2.24) is 4.90 Å². The van der Waals surface area contributed by atoms with E-state index in [2.05, 4.69) is 0 Å². The highest BCUT2D eigenvalue weighted by Gasteiger charge is 2.07. The van der Waals surface area contributed by atoms with Crippen LogP contribution in [0.4, 0.5) is 0 Å². The average molecular weight is 401 g/mol. The molecule has 0 bridgehead atoms. The van der Waals surface area contributed by atoms with Gasteiger partial charge in [0.2, 0.25) is 5.91 Å². The van der Waals surface area contributed by atoms with Gasteiger partial charge in [0.1, 0.15) is 18.4 Å². The zero-order valence-electron chi connectivity index (χ0n) is 15.7. The maximum Gasteiger partial charge on any atom is 0.246 e. The first-order valence-corrected chi connectivity index (χ1v) is 8.90. The molecule has 0 unspecified atom stereocenters. The van der Waals surface area contributed by atoms with Gasteiger partial charge in [0.05, 0.1) is 13.7 Å². The molecular formula is C21H21ClN2O4. The predicted octanol–water partition coefficient (Wildman–Crippen LogP) is 3.80. The van der Waals surface area contributed by atoms with Crippen LogP contribution in [0.5, 0.6) is 17.2 Å². The molecule has 0 atom stereocenters. The molecule has 6 nitrogen and oxygen atoms in total. The van der Waals surface area contributed by atoms with Crippen molar-refractivity contribution in [2.24, 2.45) is 0 Å². The molecule has 0 aliphatic carbocycles. The topological polar surface area (TPSA) is 71.8 Å². The SMILES string of the molecule is COc1cc(/C=C/C(=O)N(C)CCOc2ccc(Cl)cc2)ccc1OCC#N. The molecule has 2 aromatic carbocycles. The number of methoxy groups -OCH3 is 1. The minimum atomic E-state index is -0.150. The lowest BCUT2D eigenvalue weighted by atomic mass is 10.2. The molecular weight excluding hydrogens is 380 g/mol. The zero-order valence-corrected chi connectivity index (χ0v) is 16.5. The molecule has 7 heteroatoms. The molecule has 0 saturated heterocycles. The zero-order chi connectivity index (χ0) is 20.4. The number of hydrogen-bond acceptors (Lipinski definition) is 5. The molecule has 0 aliphatic rings. The summed E-state index contributed by atoms with van der Waals surface area (Å²) in [5.41, 5.74) is 0.778. The Balaban J connectivity index is 1.87. The van der Waals surface area contributed by atoms with E-state index >= 15 is 0 Å². The first kappa shape index (κ1) is 21.1. The van der Waals surface area contributed by atoms with E-state index in [1.807, 2.05) is 6.07 Å². The van der Waals surface area contributed by atoms with Crippen LogP contribution in [0.25, 0.3) is 6.08 Å². The van der Waals surface area contributed by atoms with Crippen molar-refractivity contribution in [1.29, 1.82) is 5.26 Å². The van der Waals surface area contributed by atoms with E-state index in [-0.39, 0.29) is 12.5 Å². The van der Waals surface area contributed by atoms with Crippen LogP contribution in [0.2, 0.25) is 5.02 Å². The standard InChI is InChI=1S/C21H21ClN2O4/c1-24(12-14-27-18-7-5-17(22)6-8-18)21(25)10-4-16-3-9-19(28-13-11-23)20(15-16)26-2/h3-10,15H,12-14H2,1-2H3/b10-4+. The van der Waals surface area contributed by atoms with E-state index in [9.17, 15) is 4.79 Å². The number of nitriles is 1. The maximum absolute atomic E-state index is 12.2. The first-order chi connectivity index (χ1) is 13.5. The molecule has 0 spiro atoms. The molecule has 2 aromatic rings. The first-order valence-electron chi connectivity index (χ1n) is 8.53. The normalized spacial score (nSPS) is 10.4. The quantitative estimate of drug-likeness (QED) is 0.598. The Bertz CT molecular complexity index is 860. The van der Waals surface area contributed by atoms with E-state index < -0.39 is 0 Å². The summed E-state index contributed by atoms with van der Waals surface area (Å²) < 4.78 is 16.1. The largest absolute Gasteiger partial charge is 0.493 e. The van der Waals surface area contributed by atoms with Crippen molar-refractivity contribution < 1.29 is 19.0 Å². The Morgan fingerprint density at radius 2 is 1.93 bits per heavy atom. The fourth-order valence-corrected chi connectivity index (χ4v) is 2.38. The van der Waals surface area contributed by atoms with Crippen LogP contribution in [-0.2, 0) is 4.79 Å². The van der Waals surface area contributed by atoms with Gasteiger partial charge in [0.25, 0.3) is 0 Å². The average Bonchev–Trinajstić information content (AvgIpc) is 2.72. The number of rotatable bonds is 9. The number of carbonyl (C=O) groups excluding carboxylic acids is 1. The Morgan fingerprint density at radius 1 is 1.18 bits per heavy atom. The number of likely N-dealkylation sites (N-methyl/N-ethyl adjacent to an activating group) is 1. The monoisotopic (exact) mass is 400 g/mol. The second kappa shape index (κ2) is 10.9. The lowest BCUT2D eigenvalue weighted by Gasteiger charge is -2.15. The van der Waals surface area contributed by atoms with Crippen molar-refractivity contribution in [2.75, 3.05) is 33.9 Å². The number of benzene rings is 2. The van der Waals surface area contributed by atoms with Gasteiger partial charge in [-0.3, -0.25) is 4.79 Å². The number of amides is 1. The number of hydrogen-bond donors (Lipinski definition) is 0. The summed E-state index contributed by atoms with van der Waals surface area (Å²) in [6.45, 7) is 0.749. The van der Waals surface area contributed by atoms with Crippen molar-refractivity contribution >= 4 is 23.6 Å². The molecule has 146 valence electrons. The van der Waals surface area contributed by atoms with Gasteiger partial charge in [0, 0.05) is 18.1 Å². The van der Waals surface area contributed by atoms with Gasteiger partial charge in [-0.15, -0.1) is 0 Å². The minimum absolute atomic E-state index is 0.0626. The van der Waals surface area contributed by atoms with E-state index in [0.717, 1.165) is 5.56 Å². The maximum atomic E-state index is 12.2. The predicted molar refractivity (Wildman–Crippen MR) is 108 cm³/mol.